The molecule has 60 heavy (non-hydrogen) atoms. The van der Waals surface area contributed by atoms with Crippen LogP contribution in [-0.4, -0.2) is 11.4 Å². The van der Waals surface area contributed by atoms with E-state index in [1.54, 1.807) is 0 Å². The minimum absolute atomic E-state index is 0.0445. The van der Waals surface area contributed by atoms with Crippen LogP contribution in [0.15, 0.2) is 150 Å². The SMILES string of the molecule is CC(C)(C)c1ccc(N2B3c4cc5c(cc4-n4c6cc7c(cc6c6ccc(c3c64)-c3cc4sc6ccccc6c4cc32)oc2ccccc27)-c2ccccc2C5(C)C)cc1. The summed E-state index contributed by atoms with van der Waals surface area (Å²) in [5.41, 5.74) is 20.1. The van der Waals surface area contributed by atoms with Gasteiger partial charge in [-0.2, -0.15) is 0 Å². The van der Waals surface area contributed by atoms with Gasteiger partial charge in [0.25, 0.3) is 0 Å². The monoisotopic (exact) mass is 786 g/mol. The van der Waals surface area contributed by atoms with Crippen molar-refractivity contribution in [2.75, 3.05) is 4.81 Å². The number of fused-ring (bicyclic) bond motifs is 17. The molecule has 3 aliphatic rings. The fourth-order valence-corrected chi connectivity index (χ4v) is 12.5. The maximum absolute atomic E-state index is 6.57. The molecule has 0 radical (unpaired) electrons. The van der Waals surface area contributed by atoms with Crippen LogP contribution in [0, 0.1) is 0 Å². The van der Waals surface area contributed by atoms with Gasteiger partial charge in [0.05, 0.1) is 11.0 Å². The number of nitrogens with zero attached hydrogens (tertiary/aromatic N) is 2. The summed E-state index contributed by atoms with van der Waals surface area (Å²) >= 11 is 1.90. The molecule has 8 aromatic carbocycles. The van der Waals surface area contributed by atoms with Crippen molar-refractivity contribution in [3.8, 4) is 27.9 Å². The smallest absolute Gasteiger partial charge is 0.333 e. The fourth-order valence-electron chi connectivity index (χ4n) is 11.4. The van der Waals surface area contributed by atoms with Gasteiger partial charge in [-0.25, -0.2) is 0 Å². The third-order valence-corrected chi connectivity index (χ3v) is 15.5. The maximum Gasteiger partial charge on any atom is 0.333 e. The zero-order chi connectivity index (χ0) is 40.0. The number of furan rings is 1. The van der Waals surface area contributed by atoms with Crippen molar-refractivity contribution < 1.29 is 4.42 Å². The van der Waals surface area contributed by atoms with Crippen molar-refractivity contribution in [2.24, 2.45) is 0 Å². The lowest BCUT2D eigenvalue weighted by Gasteiger charge is -2.42. The minimum Gasteiger partial charge on any atom is -0.456 e. The van der Waals surface area contributed by atoms with Crippen molar-refractivity contribution >= 4 is 104 Å². The molecule has 1 aliphatic carbocycles. The van der Waals surface area contributed by atoms with E-state index in [0.717, 1.165) is 21.9 Å². The van der Waals surface area contributed by atoms with Gasteiger partial charge < -0.3 is 13.8 Å². The van der Waals surface area contributed by atoms with E-state index in [2.05, 4.69) is 190 Å². The highest BCUT2D eigenvalue weighted by molar-refractivity contribution is 7.25. The first-order chi connectivity index (χ1) is 29.1. The first-order valence-electron chi connectivity index (χ1n) is 21.2. The quantitative estimate of drug-likeness (QED) is 0.155. The molecule has 0 bridgehead atoms. The molecule has 0 fully saturated rings. The van der Waals surface area contributed by atoms with Gasteiger partial charge in [0.15, 0.2) is 0 Å². The number of rotatable bonds is 1. The van der Waals surface area contributed by atoms with E-state index in [1.807, 2.05) is 11.3 Å². The van der Waals surface area contributed by atoms with Gasteiger partial charge in [-0.05, 0) is 104 Å². The lowest BCUT2D eigenvalue weighted by Crippen LogP contribution is -2.60. The Hall–Kier alpha value is -6.56. The molecule has 0 unspecified atom stereocenters. The van der Waals surface area contributed by atoms with Crippen molar-refractivity contribution in [1.82, 2.24) is 4.57 Å². The Labute approximate surface area is 352 Å². The summed E-state index contributed by atoms with van der Waals surface area (Å²) in [6.07, 6.45) is 0. The topological polar surface area (TPSA) is 21.3 Å². The molecule has 0 N–H and O–H groups in total. The summed E-state index contributed by atoms with van der Waals surface area (Å²) in [6.45, 7) is 11.7. The van der Waals surface area contributed by atoms with Gasteiger partial charge in [-0.15, -0.1) is 11.3 Å². The second-order valence-electron chi connectivity index (χ2n) is 18.9. The minimum atomic E-state index is -0.149. The highest BCUT2D eigenvalue weighted by atomic mass is 32.1. The Morgan fingerprint density at radius 1 is 0.550 bits per heavy atom. The van der Waals surface area contributed by atoms with E-state index in [4.69, 9.17) is 4.42 Å². The van der Waals surface area contributed by atoms with E-state index in [-0.39, 0.29) is 17.7 Å². The van der Waals surface area contributed by atoms with Crippen LogP contribution in [0.4, 0.5) is 11.4 Å². The fraction of sp³-hybridized carbons (Fsp3) is 0.127. The summed E-state index contributed by atoms with van der Waals surface area (Å²) in [5.74, 6) is 0. The molecule has 3 nitrogen and oxygen atoms in total. The average molecular weight is 787 g/mol. The van der Waals surface area contributed by atoms with Gasteiger partial charge >= 0.3 is 6.85 Å². The molecule has 0 saturated carbocycles. The summed E-state index contributed by atoms with van der Waals surface area (Å²) in [4.78, 5) is 2.69. The molecular formula is C55H39BN2OS. The summed E-state index contributed by atoms with van der Waals surface area (Å²) in [5, 5.41) is 7.43. The second kappa shape index (κ2) is 11.0. The first-order valence-corrected chi connectivity index (χ1v) is 22.0. The third-order valence-electron chi connectivity index (χ3n) is 14.3. The van der Waals surface area contributed by atoms with Crippen LogP contribution < -0.4 is 15.7 Å². The molecule has 5 heteroatoms. The zero-order valence-electron chi connectivity index (χ0n) is 34.1. The lowest BCUT2D eigenvalue weighted by atomic mass is 9.43. The molecule has 3 aromatic heterocycles. The second-order valence-corrected chi connectivity index (χ2v) is 20.0. The van der Waals surface area contributed by atoms with Gasteiger partial charge in [0.1, 0.15) is 11.2 Å². The van der Waals surface area contributed by atoms with E-state index in [9.17, 15) is 0 Å². The van der Waals surface area contributed by atoms with Crippen LogP contribution in [0.2, 0.25) is 0 Å². The van der Waals surface area contributed by atoms with Crippen molar-refractivity contribution in [3.63, 3.8) is 0 Å². The Morgan fingerprint density at radius 2 is 1.33 bits per heavy atom. The number of thiophene rings is 1. The van der Waals surface area contributed by atoms with E-state index >= 15 is 0 Å². The molecule has 2 aliphatic heterocycles. The zero-order valence-corrected chi connectivity index (χ0v) is 35.0. The van der Waals surface area contributed by atoms with Crippen molar-refractivity contribution in [1.29, 1.82) is 0 Å². The molecule has 5 heterocycles. The van der Waals surface area contributed by atoms with Crippen molar-refractivity contribution in [2.45, 2.75) is 45.4 Å². The molecular weight excluding hydrogens is 747 g/mol. The van der Waals surface area contributed by atoms with Crippen LogP contribution in [0.25, 0.3) is 91.9 Å². The molecule has 0 spiro atoms. The average Bonchev–Trinajstić information content (AvgIpc) is 3.97. The number of hydrogen-bond donors (Lipinski definition) is 0. The molecule has 11 aromatic rings. The van der Waals surface area contributed by atoms with Gasteiger partial charge in [-0.1, -0.05) is 126 Å². The Bertz CT molecular complexity index is 3740. The highest BCUT2D eigenvalue weighted by Gasteiger charge is 2.46. The molecule has 0 saturated heterocycles. The number of hydrogen-bond acceptors (Lipinski definition) is 3. The lowest BCUT2D eigenvalue weighted by molar-refractivity contribution is 0.590. The highest BCUT2D eigenvalue weighted by Crippen LogP contribution is 2.53. The van der Waals surface area contributed by atoms with Gasteiger partial charge in [0, 0.05) is 69.8 Å². The Kier molecular flexibility index (Phi) is 6.09. The van der Waals surface area contributed by atoms with Crippen LogP contribution in [0.5, 0.6) is 0 Å². The molecule has 14 rings (SSSR count). The first kappa shape index (κ1) is 33.3. The molecule has 0 atom stereocenters. The standard InChI is InChI=1S/C55H39BN2OS/c1-54(2,3)30-18-20-31(21-19-30)58-46-26-41-34-14-8-11-17-50(34)60-51(41)28-39(46)35-22-23-36-38-27-49-40(33-13-7-10-16-48(33)59-49)25-45(38)57-47-24-37-32-12-6-9-15-42(32)55(4,5)43(37)29-44(47)56(58)52(35)53(36)57/h6-29H,1-5H3. The largest absolute Gasteiger partial charge is 0.456 e. The van der Waals surface area contributed by atoms with E-state index in [0.29, 0.717) is 0 Å². The van der Waals surface area contributed by atoms with Crippen LogP contribution in [-0.2, 0) is 10.8 Å². The number of aromatic nitrogens is 1. The summed E-state index contributed by atoms with van der Waals surface area (Å²) < 4.78 is 11.8. The molecule has 0 amide bonds. The van der Waals surface area contributed by atoms with Crippen LogP contribution in [0.3, 0.4) is 0 Å². The molecule has 284 valence electrons. The van der Waals surface area contributed by atoms with E-state index < -0.39 is 0 Å². The normalized spacial score (nSPS) is 14.8. The van der Waals surface area contributed by atoms with E-state index in [1.165, 1.54) is 109 Å². The van der Waals surface area contributed by atoms with Gasteiger partial charge in [0.2, 0.25) is 0 Å². The Balaban J connectivity index is 1.17. The van der Waals surface area contributed by atoms with Crippen molar-refractivity contribution in [3.05, 3.63) is 162 Å². The predicted molar refractivity (Wildman–Crippen MR) is 256 cm³/mol. The number of benzene rings is 8. The van der Waals surface area contributed by atoms with Crippen LogP contribution in [0.1, 0.15) is 51.3 Å². The Morgan fingerprint density at radius 3 is 2.18 bits per heavy atom. The summed E-state index contributed by atoms with van der Waals surface area (Å²) in [7, 11) is 0. The van der Waals surface area contributed by atoms with Gasteiger partial charge in [-0.3, -0.25) is 0 Å². The van der Waals surface area contributed by atoms with Crippen LogP contribution >= 0.6 is 11.3 Å². The number of para-hydroxylation sites is 1. The summed E-state index contributed by atoms with van der Waals surface area (Å²) in [6, 6.07) is 55.5. The predicted octanol–water partition coefficient (Wildman–Crippen LogP) is 13.9. The maximum atomic E-state index is 6.57. The number of anilines is 2. The third kappa shape index (κ3) is 4.07.